The van der Waals surface area contributed by atoms with Crippen LogP contribution in [0.2, 0.25) is 0 Å². The quantitative estimate of drug-likeness (QED) is 0.602. The topological polar surface area (TPSA) is 33.6 Å². The molecule has 0 radical (unpaired) electrons. The lowest BCUT2D eigenvalue weighted by atomic mass is 10.3. The molecule has 1 N–H and O–H groups in total. The van der Waals surface area contributed by atoms with E-state index in [0.29, 0.717) is 0 Å². The number of nitrogens with one attached hydrogen (secondary N) is 1. The van der Waals surface area contributed by atoms with Crippen molar-refractivity contribution in [2.45, 2.75) is 0 Å². The van der Waals surface area contributed by atoms with Gasteiger partial charge in [-0.05, 0) is 6.07 Å². The number of pyridine rings is 1. The van der Waals surface area contributed by atoms with Crippen LogP contribution in [-0.2, 0) is 7.05 Å². The molecule has 0 atom stereocenters. The van der Waals surface area contributed by atoms with E-state index in [9.17, 15) is 0 Å². The summed E-state index contributed by atoms with van der Waals surface area (Å²) in [5.41, 5.74) is 1.04. The van der Waals surface area contributed by atoms with Gasteiger partial charge in [-0.25, -0.2) is 0 Å². The van der Waals surface area contributed by atoms with Gasteiger partial charge in [0, 0.05) is 18.6 Å². The van der Waals surface area contributed by atoms with Crippen LogP contribution >= 0.6 is 12.2 Å². The van der Waals surface area contributed by atoms with Crippen molar-refractivity contribution in [3.63, 3.8) is 0 Å². The monoisotopic (exact) mass is 165 g/mol. The zero-order valence-corrected chi connectivity index (χ0v) is 6.85. The predicted molar refractivity (Wildman–Crippen MR) is 45.9 cm³/mol. The predicted octanol–water partition coefficient (Wildman–Crippen LogP) is 1.63. The van der Waals surface area contributed by atoms with Crippen LogP contribution in [0.4, 0.5) is 0 Å². The molecule has 0 spiro atoms. The fourth-order valence-corrected chi connectivity index (χ4v) is 1.43. The number of aryl methyl sites for hydroxylation is 1. The smallest absolute Gasteiger partial charge is 0.127 e. The highest BCUT2D eigenvalue weighted by molar-refractivity contribution is 7.71. The first-order valence-corrected chi connectivity index (χ1v) is 3.68. The first kappa shape index (κ1) is 6.54. The number of fused-ring (bicyclic) bond motifs is 1. The minimum absolute atomic E-state index is 0.768. The maximum absolute atomic E-state index is 5.07. The molecule has 0 aliphatic rings. The summed E-state index contributed by atoms with van der Waals surface area (Å²) in [4.78, 5) is 4.00. The van der Waals surface area contributed by atoms with E-state index in [2.05, 4.69) is 10.1 Å². The van der Waals surface area contributed by atoms with Crippen molar-refractivity contribution >= 4 is 23.1 Å². The molecule has 2 rings (SSSR count). The molecule has 0 amide bonds. The van der Waals surface area contributed by atoms with Crippen LogP contribution in [0.3, 0.4) is 0 Å². The van der Waals surface area contributed by atoms with Crippen molar-refractivity contribution in [3.05, 3.63) is 23.1 Å². The standard InChI is InChI=1S/C7H7N3S/c1-10-6-4-8-3-2-5(6)7(11)9-10/h2-4H,1H3,(H,9,11). The summed E-state index contributed by atoms with van der Waals surface area (Å²) < 4.78 is 2.63. The Labute approximate surface area is 68.7 Å². The fraction of sp³-hybridized carbons (Fsp3) is 0.143. The second-order valence-electron chi connectivity index (χ2n) is 2.39. The van der Waals surface area contributed by atoms with Crippen LogP contribution in [0, 0.1) is 4.64 Å². The normalized spacial score (nSPS) is 10.6. The molecule has 0 unspecified atom stereocenters. The molecule has 0 aliphatic carbocycles. The molecule has 2 aromatic heterocycles. The molecule has 0 aliphatic heterocycles. The highest BCUT2D eigenvalue weighted by atomic mass is 32.1. The molecule has 2 aromatic rings. The molecule has 0 fully saturated rings. The first-order chi connectivity index (χ1) is 5.29. The minimum Gasteiger partial charge on any atom is -0.288 e. The van der Waals surface area contributed by atoms with Gasteiger partial charge in [0.15, 0.2) is 0 Å². The van der Waals surface area contributed by atoms with Gasteiger partial charge in [-0.3, -0.25) is 14.8 Å². The molecule has 4 heteroatoms. The van der Waals surface area contributed by atoms with Crippen molar-refractivity contribution in [1.82, 2.24) is 14.8 Å². The van der Waals surface area contributed by atoms with E-state index in [1.54, 1.807) is 12.4 Å². The first-order valence-electron chi connectivity index (χ1n) is 3.28. The summed E-state index contributed by atoms with van der Waals surface area (Å²) in [7, 11) is 1.92. The number of rotatable bonds is 0. The Bertz CT molecular complexity index is 440. The Morgan fingerprint density at radius 1 is 1.64 bits per heavy atom. The average molecular weight is 165 g/mol. The van der Waals surface area contributed by atoms with Crippen molar-refractivity contribution < 1.29 is 0 Å². The highest BCUT2D eigenvalue weighted by Crippen LogP contribution is 2.11. The Kier molecular flexibility index (Phi) is 1.29. The maximum Gasteiger partial charge on any atom is 0.127 e. The lowest BCUT2D eigenvalue weighted by Gasteiger charge is -1.90. The number of aromatic nitrogens is 3. The summed E-state index contributed by atoms with van der Waals surface area (Å²) in [6.07, 6.45) is 3.54. The van der Waals surface area contributed by atoms with Crippen LogP contribution < -0.4 is 0 Å². The van der Waals surface area contributed by atoms with Crippen molar-refractivity contribution in [2.24, 2.45) is 7.05 Å². The minimum atomic E-state index is 0.768. The van der Waals surface area contributed by atoms with Gasteiger partial charge in [-0.1, -0.05) is 12.2 Å². The van der Waals surface area contributed by atoms with E-state index in [4.69, 9.17) is 12.2 Å². The number of nitrogens with zero attached hydrogens (tertiary/aromatic N) is 2. The van der Waals surface area contributed by atoms with E-state index < -0.39 is 0 Å². The third-order valence-corrected chi connectivity index (χ3v) is 1.99. The summed E-state index contributed by atoms with van der Waals surface area (Å²) >= 11 is 5.07. The van der Waals surface area contributed by atoms with Gasteiger partial charge in [0.05, 0.1) is 11.7 Å². The summed E-state index contributed by atoms with van der Waals surface area (Å²) in [6, 6.07) is 1.91. The Hall–Kier alpha value is -1.16. The van der Waals surface area contributed by atoms with E-state index in [-0.39, 0.29) is 0 Å². The SMILES string of the molecule is Cn1[nH]c(=S)c2ccncc21. The third kappa shape index (κ3) is 0.867. The van der Waals surface area contributed by atoms with E-state index in [1.807, 2.05) is 17.8 Å². The van der Waals surface area contributed by atoms with E-state index >= 15 is 0 Å². The van der Waals surface area contributed by atoms with Gasteiger partial charge in [-0.2, -0.15) is 0 Å². The summed E-state index contributed by atoms with van der Waals surface area (Å²) in [5, 5.41) is 4.06. The van der Waals surface area contributed by atoms with Gasteiger partial charge in [0.25, 0.3) is 0 Å². The van der Waals surface area contributed by atoms with Crippen molar-refractivity contribution in [2.75, 3.05) is 0 Å². The Morgan fingerprint density at radius 3 is 3.18 bits per heavy atom. The highest BCUT2D eigenvalue weighted by Gasteiger charge is 1.97. The lowest BCUT2D eigenvalue weighted by Crippen LogP contribution is -1.88. The molecule has 0 bridgehead atoms. The Morgan fingerprint density at radius 2 is 2.45 bits per heavy atom. The average Bonchev–Trinajstić information content (AvgIpc) is 2.30. The second kappa shape index (κ2) is 2.17. The molecule has 0 saturated heterocycles. The van der Waals surface area contributed by atoms with Gasteiger partial charge in [0.2, 0.25) is 0 Å². The molecule has 0 saturated carbocycles. The Balaban J connectivity index is 3.07. The van der Waals surface area contributed by atoms with Crippen molar-refractivity contribution in [1.29, 1.82) is 0 Å². The number of hydrogen-bond donors (Lipinski definition) is 1. The van der Waals surface area contributed by atoms with E-state index in [0.717, 1.165) is 15.5 Å². The fourth-order valence-electron chi connectivity index (χ4n) is 1.12. The lowest BCUT2D eigenvalue weighted by molar-refractivity contribution is 0.790. The molecule has 11 heavy (non-hydrogen) atoms. The zero-order valence-electron chi connectivity index (χ0n) is 6.03. The molecular formula is C7H7N3S. The molecule has 2 heterocycles. The molecule has 56 valence electrons. The summed E-state index contributed by atoms with van der Waals surface area (Å²) in [6.45, 7) is 0. The van der Waals surface area contributed by atoms with Crippen LogP contribution in [0.15, 0.2) is 18.5 Å². The third-order valence-electron chi connectivity index (χ3n) is 1.68. The largest absolute Gasteiger partial charge is 0.288 e. The van der Waals surface area contributed by atoms with Crippen molar-refractivity contribution in [3.8, 4) is 0 Å². The van der Waals surface area contributed by atoms with Crippen LogP contribution in [0.5, 0.6) is 0 Å². The van der Waals surface area contributed by atoms with E-state index in [1.165, 1.54) is 0 Å². The molecular weight excluding hydrogens is 158 g/mol. The number of aromatic amines is 1. The summed E-state index contributed by atoms with van der Waals surface area (Å²) in [5.74, 6) is 0. The number of H-pyrrole nitrogens is 1. The van der Waals surface area contributed by atoms with Gasteiger partial charge in [-0.15, -0.1) is 0 Å². The van der Waals surface area contributed by atoms with Crippen LogP contribution in [0.1, 0.15) is 0 Å². The zero-order chi connectivity index (χ0) is 7.84. The molecule has 3 nitrogen and oxygen atoms in total. The van der Waals surface area contributed by atoms with Gasteiger partial charge < -0.3 is 0 Å². The number of hydrogen-bond acceptors (Lipinski definition) is 2. The van der Waals surface area contributed by atoms with Crippen LogP contribution in [-0.4, -0.2) is 14.8 Å². The van der Waals surface area contributed by atoms with Gasteiger partial charge in [0.1, 0.15) is 4.64 Å². The van der Waals surface area contributed by atoms with Crippen LogP contribution in [0.25, 0.3) is 10.9 Å². The second-order valence-corrected chi connectivity index (χ2v) is 2.80. The maximum atomic E-state index is 5.07. The van der Waals surface area contributed by atoms with Gasteiger partial charge >= 0.3 is 0 Å². The molecule has 0 aromatic carbocycles.